The van der Waals surface area contributed by atoms with E-state index in [4.69, 9.17) is 0 Å². The van der Waals surface area contributed by atoms with E-state index in [1.54, 1.807) is 13.0 Å². The molecule has 1 fully saturated rings. The van der Waals surface area contributed by atoms with Crippen LogP contribution in [0.4, 0.5) is 5.69 Å². The summed E-state index contributed by atoms with van der Waals surface area (Å²) >= 11 is 0. The fourth-order valence-corrected chi connectivity index (χ4v) is 2.26. The lowest BCUT2D eigenvalue weighted by Gasteiger charge is -2.29. The van der Waals surface area contributed by atoms with Crippen LogP contribution in [0.2, 0.25) is 0 Å². The summed E-state index contributed by atoms with van der Waals surface area (Å²) in [5.74, 6) is 0.995. The summed E-state index contributed by atoms with van der Waals surface area (Å²) < 4.78 is 0. The number of aliphatic hydroxyl groups is 1. The van der Waals surface area contributed by atoms with Crippen molar-refractivity contribution >= 4 is 5.69 Å². The van der Waals surface area contributed by atoms with Gasteiger partial charge in [0.1, 0.15) is 5.75 Å². The van der Waals surface area contributed by atoms with Crippen molar-refractivity contribution in [2.75, 3.05) is 11.4 Å². The molecule has 0 amide bonds. The fourth-order valence-electron chi connectivity index (χ4n) is 2.26. The number of hydrogen-bond donors (Lipinski definition) is 2. The zero-order valence-corrected chi connectivity index (χ0v) is 11.4. The maximum Gasteiger partial charge on any atom is 0.123 e. The Bertz CT molecular complexity index is 411. The van der Waals surface area contributed by atoms with E-state index in [0.717, 1.165) is 18.2 Å². The molecule has 3 heteroatoms. The highest BCUT2D eigenvalue weighted by Crippen LogP contribution is 2.34. The minimum absolute atomic E-state index is 0.184. The van der Waals surface area contributed by atoms with E-state index in [-0.39, 0.29) is 5.75 Å². The van der Waals surface area contributed by atoms with Gasteiger partial charge in [0.05, 0.1) is 6.10 Å². The molecule has 1 atom stereocenters. The molecule has 2 rings (SSSR count). The minimum Gasteiger partial charge on any atom is -0.507 e. The molecule has 0 aromatic heterocycles. The molecule has 1 aliphatic rings. The molecule has 0 bridgehead atoms. The Morgan fingerprint density at radius 1 is 1.28 bits per heavy atom. The zero-order valence-electron chi connectivity index (χ0n) is 11.4. The highest BCUT2D eigenvalue weighted by Gasteiger charge is 2.26. The van der Waals surface area contributed by atoms with Gasteiger partial charge in [-0.3, -0.25) is 0 Å². The van der Waals surface area contributed by atoms with Crippen LogP contribution >= 0.6 is 0 Å². The van der Waals surface area contributed by atoms with E-state index >= 15 is 0 Å². The van der Waals surface area contributed by atoms with Gasteiger partial charge in [-0.15, -0.1) is 0 Å². The van der Waals surface area contributed by atoms with E-state index in [0.29, 0.717) is 11.6 Å². The summed E-state index contributed by atoms with van der Waals surface area (Å²) in [6.07, 6.45) is 2.01. The van der Waals surface area contributed by atoms with Crippen LogP contribution in [0.5, 0.6) is 5.75 Å². The van der Waals surface area contributed by atoms with Gasteiger partial charge in [0, 0.05) is 29.9 Å². The number of phenols is 1. The number of benzene rings is 1. The monoisotopic (exact) mass is 249 g/mol. The second kappa shape index (κ2) is 5.19. The first-order valence-corrected chi connectivity index (χ1v) is 6.76. The summed E-state index contributed by atoms with van der Waals surface area (Å²) in [5, 5.41) is 19.5. The molecular weight excluding hydrogens is 226 g/mol. The van der Waals surface area contributed by atoms with Crippen molar-refractivity contribution in [2.45, 2.75) is 45.8 Å². The van der Waals surface area contributed by atoms with Crippen LogP contribution in [0.1, 0.15) is 45.3 Å². The Kier molecular flexibility index (Phi) is 3.81. The molecule has 1 aromatic rings. The van der Waals surface area contributed by atoms with Crippen molar-refractivity contribution < 1.29 is 10.2 Å². The smallest absolute Gasteiger partial charge is 0.123 e. The normalized spacial score (nSPS) is 16.9. The number of hydrogen-bond acceptors (Lipinski definition) is 3. The fraction of sp³-hybridized carbons (Fsp3) is 0.600. The molecule has 1 aliphatic carbocycles. The lowest BCUT2D eigenvalue weighted by molar-refractivity contribution is 0.195. The Morgan fingerprint density at radius 3 is 2.39 bits per heavy atom. The molecule has 100 valence electrons. The van der Waals surface area contributed by atoms with Crippen LogP contribution in [0.25, 0.3) is 0 Å². The van der Waals surface area contributed by atoms with Gasteiger partial charge in [0.15, 0.2) is 0 Å². The lowest BCUT2D eigenvalue weighted by atomic mass is 10.1. The third kappa shape index (κ3) is 2.96. The van der Waals surface area contributed by atoms with E-state index in [2.05, 4.69) is 18.7 Å². The van der Waals surface area contributed by atoms with Gasteiger partial charge < -0.3 is 15.1 Å². The molecule has 0 saturated heterocycles. The Balaban J connectivity index is 2.21. The minimum atomic E-state index is -0.630. The van der Waals surface area contributed by atoms with Gasteiger partial charge in [-0.1, -0.05) is 6.07 Å². The molecule has 3 nitrogen and oxygen atoms in total. The van der Waals surface area contributed by atoms with Gasteiger partial charge in [0.2, 0.25) is 0 Å². The lowest BCUT2D eigenvalue weighted by Crippen LogP contribution is -2.32. The van der Waals surface area contributed by atoms with Crippen LogP contribution in [0.3, 0.4) is 0 Å². The summed E-state index contributed by atoms with van der Waals surface area (Å²) in [7, 11) is 0. The zero-order chi connectivity index (χ0) is 13.3. The molecule has 0 aliphatic heterocycles. The predicted octanol–water partition coefficient (Wildman–Crippen LogP) is 3.07. The second-order valence-corrected chi connectivity index (χ2v) is 5.61. The number of aromatic hydroxyl groups is 1. The van der Waals surface area contributed by atoms with Gasteiger partial charge in [0.25, 0.3) is 0 Å². The maximum absolute atomic E-state index is 9.96. The number of aliphatic hydroxyl groups excluding tert-OH is 1. The summed E-state index contributed by atoms with van der Waals surface area (Å²) in [5.41, 5.74) is 1.63. The molecule has 0 radical (unpaired) electrons. The van der Waals surface area contributed by atoms with Gasteiger partial charge >= 0.3 is 0 Å². The molecule has 1 aromatic carbocycles. The van der Waals surface area contributed by atoms with Crippen LogP contribution in [0, 0.1) is 5.92 Å². The molecule has 1 saturated carbocycles. The Hall–Kier alpha value is -1.22. The highest BCUT2D eigenvalue weighted by molar-refractivity contribution is 5.54. The first-order valence-electron chi connectivity index (χ1n) is 6.76. The van der Waals surface area contributed by atoms with Crippen molar-refractivity contribution in [2.24, 2.45) is 5.92 Å². The number of anilines is 1. The average Bonchev–Trinajstić information content (AvgIpc) is 3.08. The number of rotatable bonds is 5. The van der Waals surface area contributed by atoms with E-state index in [9.17, 15) is 10.2 Å². The number of nitrogens with zero attached hydrogens (tertiary/aromatic N) is 1. The Labute approximate surface area is 109 Å². The van der Waals surface area contributed by atoms with Crippen molar-refractivity contribution in [1.82, 2.24) is 0 Å². The van der Waals surface area contributed by atoms with Crippen LogP contribution in [-0.4, -0.2) is 22.8 Å². The first-order chi connectivity index (χ1) is 8.49. The molecule has 18 heavy (non-hydrogen) atoms. The summed E-state index contributed by atoms with van der Waals surface area (Å²) in [4.78, 5) is 2.32. The van der Waals surface area contributed by atoms with Crippen LogP contribution in [-0.2, 0) is 0 Å². The van der Waals surface area contributed by atoms with E-state index in [1.165, 1.54) is 12.8 Å². The Morgan fingerprint density at radius 2 is 1.94 bits per heavy atom. The summed E-state index contributed by atoms with van der Waals surface area (Å²) in [6, 6.07) is 5.99. The maximum atomic E-state index is 9.96. The molecule has 2 N–H and O–H groups in total. The first kappa shape index (κ1) is 13.2. The molecular formula is C15H23NO2. The van der Waals surface area contributed by atoms with Gasteiger partial charge in [-0.2, -0.15) is 0 Å². The predicted molar refractivity (Wildman–Crippen MR) is 73.9 cm³/mol. The van der Waals surface area contributed by atoms with Crippen molar-refractivity contribution in [3.8, 4) is 5.75 Å². The second-order valence-electron chi connectivity index (χ2n) is 5.61. The van der Waals surface area contributed by atoms with Crippen LogP contribution in [0.15, 0.2) is 18.2 Å². The topological polar surface area (TPSA) is 43.7 Å². The summed E-state index contributed by atoms with van der Waals surface area (Å²) in [6.45, 7) is 7.06. The number of phenolic OH excluding ortho intramolecular Hbond substituents is 1. The van der Waals surface area contributed by atoms with E-state index in [1.807, 2.05) is 12.1 Å². The third-order valence-corrected chi connectivity index (χ3v) is 3.57. The molecule has 0 spiro atoms. The van der Waals surface area contributed by atoms with Gasteiger partial charge in [-0.25, -0.2) is 0 Å². The standard InChI is InChI=1S/C15H23NO2/c1-10(2)16(9-12-4-5-12)13-6-7-14(11(3)17)15(18)8-13/h6-8,10-12,17-18H,4-5,9H2,1-3H3. The molecule has 0 heterocycles. The highest BCUT2D eigenvalue weighted by atomic mass is 16.3. The SMILES string of the molecule is CC(O)c1ccc(N(CC2CC2)C(C)C)cc1O. The van der Waals surface area contributed by atoms with Crippen molar-refractivity contribution in [3.63, 3.8) is 0 Å². The van der Waals surface area contributed by atoms with Gasteiger partial charge in [-0.05, 0) is 45.6 Å². The third-order valence-electron chi connectivity index (χ3n) is 3.57. The average molecular weight is 249 g/mol. The van der Waals surface area contributed by atoms with Crippen molar-refractivity contribution in [3.05, 3.63) is 23.8 Å². The van der Waals surface area contributed by atoms with E-state index < -0.39 is 6.10 Å². The largest absolute Gasteiger partial charge is 0.507 e. The van der Waals surface area contributed by atoms with Crippen LogP contribution < -0.4 is 4.90 Å². The quantitative estimate of drug-likeness (QED) is 0.843. The molecule has 1 unspecified atom stereocenters. The van der Waals surface area contributed by atoms with Crippen molar-refractivity contribution in [1.29, 1.82) is 0 Å².